The van der Waals surface area contributed by atoms with Crippen LogP contribution in [0.5, 0.6) is 5.95 Å². The predicted octanol–water partition coefficient (Wildman–Crippen LogP) is 1.94. The smallest absolute Gasteiger partial charge is 0.353 e. The number of hydrogen-bond donors (Lipinski definition) is 0. The maximum absolute atomic E-state index is 11.7. The highest BCUT2D eigenvalue weighted by molar-refractivity contribution is 6.02. The van der Waals surface area contributed by atoms with E-state index in [2.05, 4.69) is 5.16 Å². The van der Waals surface area contributed by atoms with Crippen molar-refractivity contribution in [3.63, 3.8) is 0 Å². The third kappa shape index (κ3) is 1.05. The molecule has 0 saturated carbocycles. The van der Waals surface area contributed by atoms with Crippen molar-refractivity contribution in [3.8, 4) is 5.95 Å². The first-order chi connectivity index (χ1) is 7.81. The van der Waals surface area contributed by atoms with Gasteiger partial charge in [-0.15, -0.1) is 0 Å². The topological polar surface area (TPSA) is 65.5 Å². The van der Waals surface area contributed by atoms with E-state index in [1.165, 1.54) is 7.11 Å². The van der Waals surface area contributed by atoms with E-state index in [1.807, 2.05) is 12.1 Å². The molecule has 0 aliphatic rings. The number of aromatic nitrogens is 1. The molecule has 0 atom stereocenters. The van der Waals surface area contributed by atoms with Crippen LogP contribution in [0.1, 0.15) is 0 Å². The standard InChI is InChI=1S/C11H7NO4/c1-14-11-8-9(12-16-11)6-4-2-3-5-7(6)15-10(8)13/h2-5H,1H3. The van der Waals surface area contributed by atoms with Crippen LogP contribution in [-0.4, -0.2) is 12.3 Å². The van der Waals surface area contributed by atoms with Crippen LogP contribution in [0.3, 0.4) is 0 Å². The second kappa shape index (κ2) is 3.10. The van der Waals surface area contributed by atoms with Crippen molar-refractivity contribution in [1.29, 1.82) is 0 Å². The van der Waals surface area contributed by atoms with Crippen LogP contribution >= 0.6 is 0 Å². The lowest BCUT2D eigenvalue weighted by atomic mass is 10.2. The lowest BCUT2D eigenvalue weighted by molar-refractivity contribution is 0.265. The highest BCUT2D eigenvalue weighted by Gasteiger charge is 2.17. The van der Waals surface area contributed by atoms with Gasteiger partial charge in [0.15, 0.2) is 5.39 Å². The minimum atomic E-state index is -0.508. The molecule has 80 valence electrons. The van der Waals surface area contributed by atoms with Crippen molar-refractivity contribution in [2.24, 2.45) is 0 Å². The van der Waals surface area contributed by atoms with Gasteiger partial charge in [-0.3, -0.25) is 0 Å². The summed E-state index contributed by atoms with van der Waals surface area (Å²) in [5.41, 5.74) is 0.437. The Morgan fingerprint density at radius 1 is 1.31 bits per heavy atom. The van der Waals surface area contributed by atoms with E-state index in [0.29, 0.717) is 11.1 Å². The molecule has 0 radical (unpaired) electrons. The zero-order valence-corrected chi connectivity index (χ0v) is 8.39. The van der Waals surface area contributed by atoms with E-state index in [1.54, 1.807) is 12.1 Å². The summed E-state index contributed by atoms with van der Waals surface area (Å²) in [7, 11) is 1.41. The average molecular weight is 217 g/mol. The van der Waals surface area contributed by atoms with Crippen LogP contribution in [0.4, 0.5) is 0 Å². The third-order valence-electron chi connectivity index (χ3n) is 2.40. The molecule has 3 aromatic rings. The fraction of sp³-hybridized carbons (Fsp3) is 0.0909. The molecule has 0 fully saturated rings. The van der Waals surface area contributed by atoms with Crippen molar-refractivity contribution in [3.05, 3.63) is 34.7 Å². The Morgan fingerprint density at radius 3 is 2.94 bits per heavy atom. The monoisotopic (exact) mass is 217 g/mol. The lowest BCUT2D eigenvalue weighted by Crippen LogP contribution is -1.99. The fourth-order valence-electron chi connectivity index (χ4n) is 1.68. The Bertz CT molecular complexity index is 726. The number of ether oxygens (including phenoxy) is 1. The number of para-hydroxylation sites is 1. The van der Waals surface area contributed by atoms with E-state index in [4.69, 9.17) is 13.7 Å². The molecular weight excluding hydrogens is 210 g/mol. The summed E-state index contributed by atoms with van der Waals surface area (Å²) >= 11 is 0. The summed E-state index contributed by atoms with van der Waals surface area (Å²) in [6.45, 7) is 0. The second-order valence-electron chi connectivity index (χ2n) is 3.28. The molecule has 2 aromatic heterocycles. The van der Waals surface area contributed by atoms with Gasteiger partial charge >= 0.3 is 11.6 Å². The van der Waals surface area contributed by atoms with Crippen LogP contribution in [0.25, 0.3) is 21.9 Å². The highest BCUT2D eigenvalue weighted by Crippen LogP contribution is 2.27. The average Bonchev–Trinajstić information content (AvgIpc) is 2.74. The van der Waals surface area contributed by atoms with Crippen LogP contribution in [0.15, 0.2) is 38.0 Å². The summed E-state index contributed by atoms with van der Waals surface area (Å²) in [5.74, 6) is 0.0782. The molecule has 2 heterocycles. The molecule has 0 spiro atoms. The number of rotatable bonds is 1. The molecule has 0 unspecified atom stereocenters. The molecule has 5 heteroatoms. The predicted molar refractivity (Wildman–Crippen MR) is 56.6 cm³/mol. The number of benzene rings is 1. The maximum Gasteiger partial charge on any atom is 0.353 e. The number of nitrogens with zero attached hydrogens (tertiary/aromatic N) is 1. The summed E-state index contributed by atoms with van der Waals surface area (Å²) in [5, 5.41) is 4.78. The van der Waals surface area contributed by atoms with Crippen molar-refractivity contribution < 1.29 is 13.7 Å². The summed E-state index contributed by atoms with van der Waals surface area (Å²) in [6, 6.07) is 7.14. The molecule has 5 nitrogen and oxygen atoms in total. The Morgan fingerprint density at radius 2 is 2.12 bits per heavy atom. The molecule has 0 saturated heterocycles. The van der Waals surface area contributed by atoms with Gasteiger partial charge in [-0.1, -0.05) is 17.3 Å². The SMILES string of the molecule is COc1onc2c1c(=O)oc1ccccc12. The first-order valence-corrected chi connectivity index (χ1v) is 4.66. The van der Waals surface area contributed by atoms with Gasteiger partial charge in [0, 0.05) is 5.39 Å². The summed E-state index contributed by atoms with van der Waals surface area (Å²) in [6.07, 6.45) is 0. The maximum atomic E-state index is 11.7. The molecule has 3 rings (SSSR count). The van der Waals surface area contributed by atoms with Gasteiger partial charge in [-0.2, -0.15) is 0 Å². The van der Waals surface area contributed by atoms with E-state index >= 15 is 0 Å². The molecule has 16 heavy (non-hydrogen) atoms. The van der Waals surface area contributed by atoms with Gasteiger partial charge in [-0.25, -0.2) is 4.79 Å². The van der Waals surface area contributed by atoms with Gasteiger partial charge in [0.05, 0.1) is 7.11 Å². The third-order valence-corrected chi connectivity index (χ3v) is 2.40. The number of methoxy groups -OCH3 is 1. The zero-order valence-electron chi connectivity index (χ0n) is 8.39. The van der Waals surface area contributed by atoms with E-state index in [0.717, 1.165) is 5.39 Å². The Labute approximate surface area is 89.2 Å². The normalized spacial score (nSPS) is 11.1. The van der Waals surface area contributed by atoms with E-state index < -0.39 is 5.63 Å². The van der Waals surface area contributed by atoms with Crippen LogP contribution < -0.4 is 10.4 Å². The molecule has 0 amide bonds. The van der Waals surface area contributed by atoms with Crippen molar-refractivity contribution >= 4 is 21.9 Å². The van der Waals surface area contributed by atoms with Gasteiger partial charge < -0.3 is 13.7 Å². The van der Waals surface area contributed by atoms with Crippen LogP contribution in [0.2, 0.25) is 0 Å². The second-order valence-corrected chi connectivity index (χ2v) is 3.28. The molecule has 0 aliphatic heterocycles. The fourth-order valence-corrected chi connectivity index (χ4v) is 1.68. The molecule has 1 aromatic carbocycles. The molecule has 0 N–H and O–H groups in total. The van der Waals surface area contributed by atoms with E-state index in [9.17, 15) is 4.79 Å². The summed E-state index contributed by atoms with van der Waals surface area (Å²) in [4.78, 5) is 11.7. The minimum Gasteiger partial charge on any atom is -0.466 e. The van der Waals surface area contributed by atoms with Crippen LogP contribution in [0, 0.1) is 0 Å². The van der Waals surface area contributed by atoms with Gasteiger partial charge in [0.1, 0.15) is 11.1 Å². The zero-order chi connectivity index (χ0) is 11.1. The van der Waals surface area contributed by atoms with Gasteiger partial charge in [-0.05, 0) is 12.1 Å². The summed E-state index contributed by atoms with van der Waals surface area (Å²) < 4.78 is 15.0. The molecular formula is C11H7NO4. The van der Waals surface area contributed by atoms with E-state index in [-0.39, 0.29) is 11.3 Å². The van der Waals surface area contributed by atoms with Crippen molar-refractivity contribution in [1.82, 2.24) is 5.16 Å². The number of hydrogen-bond acceptors (Lipinski definition) is 5. The number of fused-ring (bicyclic) bond motifs is 3. The van der Waals surface area contributed by atoms with Gasteiger partial charge in [0.25, 0.3) is 0 Å². The van der Waals surface area contributed by atoms with Crippen molar-refractivity contribution in [2.75, 3.05) is 7.11 Å². The Kier molecular flexibility index (Phi) is 1.73. The first kappa shape index (κ1) is 8.96. The van der Waals surface area contributed by atoms with Crippen molar-refractivity contribution in [2.45, 2.75) is 0 Å². The minimum absolute atomic E-state index is 0.0782. The van der Waals surface area contributed by atoms with Gasteiger partial charge in [0.2, 0.25) is 0 Å². The molecule has 0 bridgehead atoms. The van der Waals surface area contributed by atoms with Crippen LogP contribution in [-0.2, 0) is 0 Å². The largest absolute Gasteiger partial charge is 0.466 e. The quantitative estimate of drug-likeness (QED) is 0.583. The lowest BCUT2D eigenvalue weighted by Gasteiger charge is -1.95. The molecule has 0 aliphatic carbocycles. The highest BCUT2D eigenvalue weighted by atomic mass is 16.6. The Balaban J connectivity index is 2.61. The first-order valence-electron chi connectivity index (χ1n) is 4.66. The Hall–Kier alpha value is -2.30.